The summed E-state index contributed by atoms with van der Waals surface area (Å²) in [7, 11) is 0. The molecule has 5 heteroatoms. The molecule has 0 radical (unpaired) electrons. The van der Waals surface area contributed by atoms with Crippen molar-refractivity contribution < 1.29 is 0 Å². The summed E-state index contributed by atoms with van der Waals surface area (Å²) in [5.41, 5.74) is 3.67. The molecule has 21 heavy (non-hydrogen) atoms. The number of fused-ring (bicyclic) bond motifs is 1. The number of benzene rings is 2. The van der Waals surface area contributed by atoms with Crippen LogP contribution in [0.5, 0.6) is 0 Å². The van der Waals surface area contributed by atoms with Gasteiger partial charge in [0.2, 0.25) is 0 Å². The van der Waals surface area contributed by atoms with E-state index in [0.717, 1.165) is 25.9 Å². The summed E-state index contributed by atoms with van der Waals surface area (Å²) in [6.45, 7) is 2.07. The lowest BCUT2D eigenvalue weighted by molar-refractivity contribution is 1.35. The molecule has 3 rings (SSSR count). The van der Waals surface area contributed by atoms with Crippen LogP contribution in [-0.4, -0.2) is 11.2 Å². The second kappa shape index (κ2) is 5.76. The van der Waals surface area contributed by atoms with Crippen molar-refractivity contribution in [1.82, 2.24) is 4.98 Å². The van der Waals surface area contributed by atoms with Crippen LogP contribution in [0.4, 0.5) is 10.8 Å². The first-order valence-corrected chi connectivity index (χ1v) is 8.46. The molecular formula is C16H13N3S2. The zero-order chi connectivity index (χ0) is 14.8. The maximum absolute atomic E-state index is 9.36. The van der Waals surface area contributed by atoms with Crippen LogP contribution in [0.1, 0.15) is 11.1 Å². The molecule has 1 aromatic heterocycles. The number of hydrogen-bond acceptors (Lipinski definition) is 5. The van der Waals surface area contributed by atoms with Crippen LogP contribution in [0.25, 0.3) is 10.2 Å². The number of aryl methyl sites for hydroxylation is 1. The number of aromatic nitrogens is 1. The molecule has 1 N–H and O–H groups in total. The van der Waals surface area contributed by atoms with Gasteiger partial charge in [0.1, 0.15) is 6.07 Å². The van der Waals surface area contributed by atoms with E-state index in [1.807, 2.05) is 30.5 Å². The quantitative estimate of drug-likeness (QED) is 0.696. The number of thiazole rings is 1. The summed E-state index contributed by atoms with van der Waals surface area (Å²) in [6, 6.07) is 14.3. The Labute approximate surface area is 131 Å². The van der Waals surface area contributed by atoms with Crippen LogP contribution in [0, 0.1) is 18.3 Å². The van der Waals surface area contributed by atoms with E-state index in [0.29, 0.717) is 5.56 Å². The highest BCUT2D eigenvalue weighted by atomic mass is 32.2. The highest BCUT2D eigenvalue weighted by molar-refractivity contribution is 7.98. The average Bonchev–Trinajstić information content (AvgIpc) is 2.88. The number of rotatable bonds is 3. The standard InChI is InChI=1S/C16H13N3S2/c1-10-6-7-13-15(8-10)21-16(19-13)18-12-4-3-5-14(20-2)11(12)9-17/h3-8H,1-2H3,(H,18,19). The van der Waals surface area contributed by atoms with Crippen LogP contribution in [0.15, 0.2) is 41.3 Å². The van der Waals surface area contributed by atoms with Crippen molar-refractivity contribution >= 4 is 44.1 Å². The smallest absolute Gasteiger partial charge is 0.188 e. The second-order valence-electron chi connectivity index (χ2n) is 4.61. The Balaban J connectivity index is 2.01. The van der Waals surface area contributed by atoms with Crippen LogP contribution in [0.2, 0.25) is 0 Å². The molecule has 0 fully saturated rings. The Hall–Kier alpha value is -2.03. The zero-order valence-electron chi connectivity index (χ0n) is 11.7. The fourth-order valence-electron chi connectivity index (χ4n) is 2.12. The van der Waals surface area contributed by atoms with Crippen molar-refractivity contribution in [3.05, 3.63) is 47.5 Å². The molecule has 0 atom stereocenters. The van der Waals surface area contributed by atoms with E-state index in [9.17, 15) is 5.26 Å². The Morgan fingerprint density at radius 2 is 2.14 bits per heavy atom. The molecule has 0 bridgehead atoms. The van der Waals surface area contributed by atoms with Crippen molar-refractivity contribution in [2.24, 2.45) is 0 Å². The summed E-state index contributed by atoms with van der Waals surface area (Å²) in [5.74, 6) is 0. The molecule has 104 valence electrons. The first-order valence-electron chi connectivity index (χ1n) is 6.42. The summed E-state index contributed by atoms with van der Waals surface area (Å²) in [5, 5.41) is 13.5. The van der Waals surface area contributed by atoms with Crippen LogP contribution in [0.3, 0.4) is 0 Å². The third-order valence-electron chi connectivity index (χ3n) is 3.14. The van der Waals surface area contributed by atoms with Crippen molar-refractivity contribution in [3.63, 3.8) is 0 Å². The van der Waals surface area contributed by atoms with E-state index in [4.69, 9.17) is 0 Å². The molecule has 0 aliphatic heterocycles. The minimum Gasteiger partial charge on any atom is -0.330 e. The van der Waals surface area contributed by atoms with Gasteiger partial charge in [-0.3, -0.25) is 0 Å². The number of thioether (sulfide) groups is 1. The van der Waals surface area contributed by atoms with Gasteiger partial charge in [-0.2, -0.15) is 5.26 Å². The highest BCUT2D eigenvalue weighted by Crippen LogP contribution is 2.32. The molecule has 0 aliphatic rings. The lowest BCUT2D eigenvalue weighted by atomic mass is 10.2. The van der Waals surface area contributed by atoms with E-state index < -0.39 is 0 Å². The van der Waals surface area contributed by atoms with Gasteiger partial charge in [-0.1, -0.05) is 23.5 Å². The third-order valence-corrected chi connectivity index (χ3v) is 4.86. The van der Waals surface area contributed by atoms with E-state index in [-0.39, 0.29) is 0 Å². The SMILES string of the molecule is CSc1cccc(Nc2nc3ccc(C)cc3s2)c1C#N. The topological polar surface area (TPSA) is 48.7 Å². The molecule has 0 saturated carbocycles. The van der Waals surface area contributed by atoms with Crippen molar-refractivity contribution in [3.8, 4) is 6.07 Å². The first-order chi connectivity index (χ1) is 10.2. The van der Waals surface area contributed by atoms with E-state index in [1.54, 1.807) is 23.1 Å². The third kappa shape index (κ3) is 2.73. The van der Waals surface area contributed by atoms with Gasteiger partial charge < -0.3 is 5.32 Å². The van der Waals surface area contributed by atoms with Gasteiger partial charge in [0.25, 0.3) is 0 Å². The summed E-state index contributed by atoms with van der Waals surface area (Å²) >= 11 is 3.17. The molecule has 3 nitrogen and oxygen atoms in total. The number of nitriles is 1. The lowest BCUT2D eigenvalue weighted by Gasteiger charge is -2.07. The largest absolute Gasteiger partial charge is 0.330 e. The summed E-state index contributed by atoms with van der Waals surface area (Å²) in [6.07, 6.45) is 1.97. The molecule has 0 saturated heterocycles. The maximum atomic E-state index is 9.36. The normalized spacial score (nSPS) is 10.5. The maximum Gasteiger partial charge on any atom is 0.188 e. The van der Waals surface area contributed by atoms with Gasteiger partial charge in [0, 0.05) is 4.90 Å². The Morgan fingerprint density at radius 3 is 2.90 bits per heavy atom. The highest BCUT2D eigenvalue weighted by Gasteiger charge is 2.10. The predicted octanol–water partition coefficient (Wildman–Crippen LogP) is 4.94. The van der Waals surface area contributed by atoms with E-state index in [2.05, 4.69) is 35.4 Å². The molecule has 0 unspecified atom stereocenters. The zero-order valence-corrected chi connectivity index (χ0v) is 13.3. The lowest BCUT2D eigenvalue weighted by Crippen LogP contribution is -1.94. The van der Waals surface area contributed by atoms with Crippen molar-refractivity contribution in [2.75, 3.05) is 11.6 Å². The van der Waals surface area contributed by atoms with Crippen molar-refractivity contribution in [1.29, 1.82) is 5.26 Å². The Morgan fingerprint density at radius 1 is 1.29 bits per heavy atom. The van der Waals surface area contributed by atoms with Gasteiger partial charge in [-0.25, -0.2) is 4.98 Å². The summed E-state index contributed by atoms with van der Waals surface area (Å²) < 4.78 is 1.15. The average molecular weight is 311 g/mol. The fourth-order valence-corrected chi connectivity index (χ4v) is 3.67. The minimum atomic E-state index is 0.667. The van der Waals surface area contributed by atoms with Crippen LogP contribution >= 0.6 is 23.1 Å². The number of hydrogen-bond donors (Lipinski definition) is 1. The molecule has 0 aliphatic carbocycles. The Bertz CT molecular complexity index is 846. The van der Waals surface area contributed by atoms with E-state index >= 15 is 0 Å². The molecule has 2 aromatic carbocycles. The number of nitrogens with one attached hydrogen (secondary N) is 1. The molecule has 1 heterocycles. The molecule has 0 amide bonds. The van der Waals surface area contributed by atoms with Gasteiger partial charge in [-0.05, 0) is 43.0 Å². The predicted molar refractivity (Wildman–Crippen MR) is 90.6 cm³/mol. The van der Waals surface area contributed by atoms with Gasteiger partial charge in [0.15, 0.2) is 5.13 Å². The van der Waals surface area contributed by atoms with Gasteiger partial charge in [-0.15, -0.1) is 11.8 Å². The molecule has 0 spiro atoms. The van der Waals surface area contributed by atoms with Crippen LogP contribution < -0.4 is 5.32 Å². The number of anilines is 2. The van der Waals surface area contributed by atoms with Crippen molar-refractivity contribution in [2.45, 2.75) is 11.8 Å². The van der Waals surface area contributed by atoms with Crippen LogP contribution in [-0.2, 0) is 0 Å². The monoisotopic (exact) mass is 311 g/mol. The molecular weight excluding hydrogens is 298 g/mol. The first kappa shape index (κ1) is 13.9. The van der Waals surface area contributed by atoms with Gasteiger partial charge in [0.05, 0.1) is 21.5 Å². The summed E-state index contributed by atoms with van der Waals surface area (Å²) in [4.78, 5) is 5.54. The fraction of sp³-hybridized carbons (Fsp3) is 0.125. The second-order valence-corrected chi connectivity index (χ2v) is 6.49. The van der Waals surface area contributed by atoms with E-state index in [1.165, 1.54) is 5.56 Å². The Kier molecular flexibility index (Phi) is 3.82. The molecule has 3 aromatic rings. The number of nitrogens with zero attached hydrogens (tertiary/aromatic N) is 2. The minimum absolute atomic E-state index is 0.667. The van der Waals surface area contributed by atoms with Gasteiger partial charge >= 0.3 is 0 Å².